The molecule has 1 aliphatic rings. The molecule has 0 radical (unpaired) electrons. The quantitative estimate of drug-likeness (QED) is 0.449. The Hall–Kier alpha value is -0.780. The number of nitrogens with two attached hydrogens (primary N) is 1. The van der Waals surface area contributed by atoms with E-state index in [0.717, 1.165) is 19.5 Å². The average molecular weight is 401 g/mol. The van der Waals surface area contributed by atoms with Gasteiger partial charge in [0.25, 0.3) is 0 Å². The van der Waals surface area contributed by atoms with Crippen LogP contribution in [0.4, 0.5) is 0 Å². The van der Waals surface area contributed by atoms with Gasteiger partial charge in [-0.05, 0) is 31.7 Å². The van der Waals surface area contributed by atoms with E-state index in [2.05, 4.69) is 48.4 Å². The molecule has 0 atom stereocenters. The Morgan fingerprint density at radius 3 is 2.67 bits per heavy atom. The van der Waals surface area contributed by atoms with Gasteiger partial charge >= 0.3 is 0 Å². The third-order valence-electron chi connectivity index (χ3n) is 4.30. The summed E-state index contributed by atoms with van der Waals surface area (Å²) in [6, 6.07) is 8.89. The fourth-order valence-corrected chi connectivity index (χ4v) is 3.11. The van der Waals surface area contributed by atoms with Crippen LogP contribution in [0.25, 0.3) is 0 Å². The van der Waals surface area contributed by atoms with Crippen LogP contribution in [0.5, 0.6) is 0 Å². The van der Waals surface area contributed by atoms with Crippen molar-refractivity contribution in [2.75, 3.05) is 13.1 Å². The predicted octanol–water partition coefficient (Wildman–Crippen LogP) is 3.74. The van der Waals surface area contributed by atoms with E-state index in [1.807, 2.05) is 0 Å². The zero-order chi connectivity index (χ0) is 14.4. The van der Waals surface area contributed by atoms with E-state index >= 15 is 0 Å². The molecule has 118 valence electrons. The zero-order valence-electron chi connectivity index (χ0n) is 13.2. The van der Waals surface area contributed by atoms with Crippen molar-refractivity contribution in [3.63, 3.8) is 0 Å². The molecule has 0 unspecified atom stereocenters. The van der Waals surface area contributed by atoms with Gasteiger partial charge in [-0.15, -0.1) is 24.0 Å². The first-order chi connectivity index (χ1) is 9.66. The molecule has 1 aliphatic carbocycles. The lowest BCUT2D eigenvalue weighted by Crippen LogP contribution is -2.35. The van der Waals surface area contributed by atoms with E-state index in [-0.39, 0.29) is 29.4 Å². The summed E-state index contributed by atoms with van der Waals surface area (Å²) in [6.07, 6.45) is 6.11. The Morgan fingerprint density at radius 1 is 1.33 bits per heavy atom. The number of halogens is 1. The molecule has 0 spiro atoms. The zero-order valence-corrected chi connectivity index (χ0v) is 15.5. The van der Waals surface area contributed by atoms with Gasteiger partial charge < -0.3 is 11.1 Å². The Labute approximate surface area is 145 Å². The van der Waals surface area contributed by atoms with Crippen molar-refractivity contribution in [3.8, 4) is 0 Å². The van der Waals surface area contributed by atoms with E-state index < -0.39 is 0 Å². The van der Waals surface area contributed by atoms with Crippen molar-refractivity contribution >= 4 is 29.9 Å². The largest absolute Gasteiger partial charge is 0.370 e. The maximum absolute atomic E-state index is 5.94. The van der Waals surface area contributed by atoms with E-state index in [1.54, 1.807) is 0 Å². The Bertz CT molecular complexity index is 465. The van der Waals surface area contributed by atoms with Gasteiger partial charge in [-0.1, -0.05) is 49.6 Å². The minimum absolute atomic E-state index is 0. The SMILES string of the molecule is CCCNC(N)=NCC1(c2cccc(C)c2)CCCC1.I. The minimum atomic E-state index is 0. The van der Waals surface area contributed by atoms with Gasteiger partial charge in [-0.2, -0.15) is 0 Å². The standard InChI is InChI=1S/C17H27N3.HI/c1-3-11-19-16(18)20-13-17(9-4-5-10-17)15-8-6-7-14(2)12-15;/h6-8,12H,3-5,9-11,13H2,1-2H3,(H3,18,19,20);1H. The van der Waals surface area contributed by atoms with Gasteiger partial charge in [0.05, 0.1) is 6.54 Å². The molecule has 21 heavy (non-hydrogen) atoms. The molecule has 0 aliphatic heterocycles. The lowest BCUT2D eigenvalue weighted by molar-refractivity contribution is 0.453. The molecule has 0 heterocycles. The van der Waals surface area contributed by atoms with Crippen LogP contribution in [0.1, 0.15) is 50.2 Å². The highest BCUT2D eigenvalue weighted by Gasteiger charge is 2.35. The Balaban J connectivity index is 0.00000220. The summed E-state index contributed by atoms with van der Waals surface area (Å²) in [7, 11) is 0. The number of guanidine groups is 1. The van der Waals surface area contributed by atoms with Crippen molar-refractivity contribution in [3.05, 3.63) is 35.4 Å². The second-order valence-corrected chi connectivity index (χ2v) is 5.99. The van der Waals surface area contributed by atoms with E-state index in [1.165, 1.54) is 36.8 Å². The second kappa shape index (κ2) is 8.61. The first kappa shape index (κ1) is 18.3. The summed E-state index contributed by atoms with van der Waals surface area (Å²) < 4.78 is 0. The number of hydrogen-bond acceptors (Lipinski definition) is 1. The minimum Gasteiger partial charge on any atom is -0.370 e. The van der Waals surface area contributed by atoms with Gasteiger partial charge in [0.2, 0.25) is 0 Å². The molecule has 0 aromatic heterocycles. The molecule has 1 aromatic rings. The molecule has 0 saturated heterocycles. The van der Waals surface area contributed by atoms with Crippen LogP contribution >= 0.6 is 24.0 Å². The van der Waals surface area contributed by atoms with Crippen molar-refractivity contribution in [1.82, 2.24) is 5.32 Å². The summed E-state index contributed by atoms with van der Waals surface area (Å²) in [5, 5.41) is 3.16. The van der Waals surface area contributed by atoms with Crippen molar-refractivity contribution in [2.45, 2.75) is 51.4 Å². The summed E-state index contributed by atoms with van der Waals surface area (Å²) in [5.74, 6) is 0.589. The number of aliphatic imine (C=N–C) groups is 1. The predicted molar refractivity (Wildman–Crippen MR) is 102 cm³/mol. The van der Waals surface area contributed by atoms with Gasteiger partial charge in [-0.3, -0.25) is 4.99 Å². The average Bonchev–Trinajstić information content (AvgIpc) is 2.93. The highest BCUT2D eigenvalue weighted by molar-refractivity contribution is 14.0. The van der Waals surface area contributed by atoms with E-state index in [9.17, 15) is 0 Å². The highest BCUT2D eigenvalue weighted by Crippen LogP contribution is 2.41. The second-order valence-electron chi connectivity index (χ2n) is 5.99. The van der Waals surface area contributed by atoms with Gasteiger partial charge in [0.15, 0.2) is 5.96 Å². The van der Waals surface area contributed by atoms with Crippen LogP contribution in [-0.4, -0.2) is 19.0 Å². The van der Waals surface area contributed by atoms with Gasteiger partial charge in [0, 0.05) is 12.0 Å². The smallest absolute Gasteiger partial charge is 0.188 e. The number of nitrogens with zero attached hydrogens (tertiary/aromatic N) is 1. The topological polar surface area (TPSA) is 50.4 Å². The molecule has 0 amide bonds. The molecule has 1 saturated carbocycles. The summed E-state index contributed by atoms with van der Waals surface area (Å²) in [6.45, 7) is 5.99. The van der Waals surface area contributed by atoms with Crippen LogP contribution < -0.4 is 11.1 Å². The van der Waals surface area contributed by atoms with E-state index in [0.29, 0.717) is 5.96 Å². The molecule has 0 bridgehead atoms. The molecule has 4 heteroatoms. The summed E-state index contributed by atoms with van der Waals surface area (Å²) >= 11 is 0. The number of hydrogen-bond donors (Lipinski definition) is 2. The number of nitrogens with one attached hydrogen (secondary N) is 1. The maximum atomic E-state index is 5.94. The monoisotopic (exact) mass is 401 g/mol. The fraction of sp³-hybridized carbons (Fsp3) is 0.588. The molecule has 1 aromatic carbocycles. The van der Waals surface area contributed by atoms with Crippen LogP contribution in [0.3, 0.4) is 0 Å². The lowest BCUT2D eigenvalue weighted by Gasteiger charge is -2.28. The van der Waals surface area contributed by atoms with Crippen LogP contribution in [0.2, 0.25) is 0 Å². The molecular formula is C17H28IN3. The normalized spacial score (nSPS) is 17.3. The fourth-order valence-electron chi connectivity index (χ4n) is 3.11. The maximum Gasteiger partial charge on any atom is 0.188 e. The third kappa shape index (κ3) is 4.87. The Morgan fingerprint density at radius 2 is 2.05 bits per heavy atom. The van der Waals surface area contributed by atoms with E-state index in [4.69, 9.17) is 5.73 Å². The third-order valence-corrected chi connectivity index (χ3v) is 4.30. The number of rotatable bonds is 5. The molecule has 2 rings (SSSR count). The van der Waals surface area contributed by atoms with Crippen molar-refractivity contribution in [2.24, 2.45) is 10.7 Å². The van der Waals surface area contributed by atoms with Crippen LogP contribution in [0.15, 0.2) is 29.3 Å². The van der Waals surface area contributed by atoms with Crippen molar-refractivity contribution in [1.29, 1.82) is 0 Å². The first-order valence-electron chi connectivity index (χ1n) is 7.77. The Kier molecular flexibility index (Phi) is 7.49. The highest BCUT2D eigenvalue weighted by atomic mass is 127. The molecule has 3 N–H and O–H groups in total. The molecule has 3 nitrogen and oxygen atoms in total. The first-order valence-corrected chi connectivity index (χ1v) is 7.77. The molecular weight excluding hydrogens is 373 g/mol. The summed E-state index contributed by atoms with van der Waals surface area (Å²) in [4.78, 5) is 4.61. The van der Waals surface area contributed by atoms with Gasteiger partial charge in [0.1, 0.15) is 0 Å². The van der Waals surface area contributed by atoms with Crippen LogP contribution in [-0.2, 0) is 5.41 Å². The number of benzene rings is 1. The lowest BCUT2D eigenvalue weighted by atomic mass is 9.78. The van der Waals surface area contributed by atoms with Crippen molar-refractivity contribution < 1.29 is 0 Å². The van der Waals surface area contributed by atoms with Gasteiger partial charge in [-0.25, -0.2) is 0 Å². The summed E-state index contributed by atoms with van der Waals surface area (Å²) in [5.41, 5.74) is 8.90. The molecule has 1 fully saturated rings. The van der Waals surface area contributed by atoms with Crippen LogP contribution in [0, 0.1) is 6.92 Å². The number of aryl methyl sites for hydroxylation is 1.